The zero-order valence-corrected chi connectivity index (χ0v) is 18.8. The van der Waals surface area contributed by atoms with E-state index in [2.05, 4.69) is 9.98 Å². The predicted molar refractivity (Wildman–Crippen MR) is 120 cm³/mol. The second-order valence-electron chi connectivity index (χ2n) is 7.26. The molecule has 0 N–H and O–H groups in total. The fourth-order valence-electron chi connectivity index (χ4n) is 3.23. The van der Waals surface area contributed by atoms with Gasteiger partial charge in [-0.1, -0.05) is 17.8 Å². The first-order valence-corrected chi connectivity index (χ1v) is 10.8. The summed E-state index contributed by atoms with van der Waals surface area (Å²) in [5.74, 6) is -2.28. The Labute approximate surface area is 195 Å². The lowest BCUT2D eigenvalue weighted by molar-refractivity contribution is -0.142. The van der Waals surface area contributed by atoms with Gasteiger partial charge in [0.1, 0.15) is 16.8 Å². The summed E-state index contributed by atoms with van der Waals surface area (Å²) < 4.78 is 39.2. The molecule has 3 aromatic rings. The third-order valence-electron chi connectivity index (χ3n) is 5.00. The number of aromatic nitrogens is 3. The number of thioether (sulfide) groups is 1. The Morgan fingerprint density at radius 1 is 1.15 bits per heavy atom. The number of ether oxygens (including phenoxy) is 2. The minimum absolute atomic E-state index is 0.0386. The van der Waals surface area contributed by atoms with Crippen LogP contribution in [0.1, 0.15) is 11.1 Å². The van der Waals surface area contributed by atoms with E-state index in [4.69, 9.17) is 9.47 Å². The van der Waals surface area contributed by atoms with Gasteiger partial charge in [-0.3, -0.25) is 18.7 Å². The van der Waals surface area contributed by atoms with Gasteiger partial charge in [-0.25, -0.2) is 23.6 Å². The van der Waals surface area contributed by atoms with Crippen LogP contribution in [0.25, 0.3) is 0 Å². The fourth-order valence-corrected chi connectivity index (χ4v) is 4.28. The van der Waals surface area contributed by atoms with Crippen LogP contribution in [-0.2, 0) is 29.7 Å². The molecule has 0 amide bonds. The summed E-state index contributed by atoms with van der Waals surface area (Å²) in [6, 6.07) is 6.41. The van der Waals surface area contributed by atoms with Gasteiger partial charge in [0.2, 0.25) is 5.88 Å². The van der Waals surface area contributed by atoms with Crippen molar-refractivity contribution < 1.29 is 23.0 Å². The smallest absolute Gasteiger partial charge is 0.332 e. The quantitative estimate of drug-likeness (QED) is 0.490. The Morgan fingerprint density at radius 3 is 2.68 bits per heavy atom. The molecule has 0 bridgehead atoms. The maximum Gasteiger partial charge on any atom is 0.332 e. The lowest BCUT2D eigenvalue weighted by Gasteiger charge is -2.20. The number of pyridine rings is 1. The van der Waals surface area contributed by atoms with Crippen molar-refractivity contribution in [2.45, 2.75) is 23.3 Å². The summed E-state index contributed by atoms with van der Waals surface area (Å²) in [5, 5.41) is -0.918. The van der Waals surface area contributed by atoms with Crippen molar-refractivity contribution in [2.24, 2.45) is 12.0 Å². The number of nitrogens with zero attached hydrogens (tertiary/aromatic N) is 4. The van der Waals surface area contributed by atoms with E-state index in [0.717, 1.165) is 33.0 Å². The van der Waals surface area contributed by atoms with E-state index in [9.17, 15) is 23.2 Å². The first kappa shape index (κ1) is 23.4. The van der Waals surface area contributed by atoms with Crippen LogP contribution in [0.15, 0.2) is 56.0 Å². The fraction of sp³-hybridized carbons (Fsp3) is 0.227. The van der Waals surface area contributed by atoms with Crippen molar-refractivity contribution in [3.63, 3.8) is 0 Å². The molecular weight excluding hydrogens is 470 g/mol. The highest BCUT2D eigenvalue weighted by atomic mass is 32.2. The minimum Gasteiger partial charge on any atom is -0.481 e. The number of halogens is 2. The summed E-state index contributed by atoms with van der Waals surface area (Å²) in [6.45, 7) is -0.317. The van der Waals surface area contributed by atoms with Crippen molar-refractivity contribution >= 4 is 29.8 Å². The van der Waals surface area contributed by atoms with E-state index in [1.54, 1.807) is 12.1 Å². The zero-order chi connectivity index (χ0) is 24.4. The van der Waals surface area contributed by atoms with Gasteiger partial charge in [-0.2, -0.15) is 0 Å². The number of rotatable bonds is 6. The Hall–Kier alpha value is -3.80. The molecule has 12 heteroatoms. The first-order chi connectivity index (χ1) is 16.3. The molecule has 1 aliphatic rings. The van der Waals surface area contributed by atoms with Gasteiger partial charge >= 0.3 is 11.7 Å². The summed E-state index contributed by atoms with van der Waals surface area (Å²) in [4.78, 5) is 46.6. The van der Waals surface area contributed by atoms with E-state index in [1.807, 2.05) is 0 Å². The molecule has 176 valence electrons. The summed E-state index contributed by atoms with van der Waals surface area (Å²) in [5.41, 5.74) is -0.485. The lowest BCUT2D eigenvalue weighted by atomic mass is 10.2. The van der Waals surface area contributed by atoms with Crippen molar-refractivity contribution in [2.75, 3.05) is 7.11 Å². The van der Waals surface area contributed by atoms with Crippen molar-refractivity contribution in [3.05, 3.63) is 80.1 Å². The monoisotopic (exact) mass is 488 g/mol. The normalized spacial score (nSPS) is 14.5. The first-order valence-electron chi connectivity index (χ1n) is 9.92. The van der Waals surface area contributed by atoms with E-state index >= 15 is 0 Å². The van der Waals surface area contributed by atoms with Crippen LogP contribution in [-0.4, -0.2) is 38.7 Å². The number of carbonyl (C=O) groups excluding carboxylic acids is 1. The van der Waals surface area contributed by atoms with Gasteiger partial charge in [0.05, 0.1) is 13.7 Å². The standard InChI is InChI=1S/C22H18F2N4O5S/c1-27-19-18(20(29)28(22(27)31)10-12-3-4-14(23)15(24)7-12)34-16(9-26-19)21(30)33-11-13-5-6-25-17(8-13)32-2/h3-9,16H,10-11H2,1-2H3. The van der Waals surface area contributed by atoms with Crippen molar-refractivity contribution in [1.82, 2.24) is 14.1 Å². The molecule has 9 nitrogen and oxygen atoms in total. The van der Waals surface area contributed by atoms with Gasteiger partial charge in [-0.05, 0) is 29.3 Å². The highest BCUT2D eigenvalue weighted by Gasteiger charge is 2.29. The second-order valence-corrected chi connectivity index (χ2v) is 8.42. The van der Waals surface area contributed by atoms with Crippen LogP contribution >= 0.6 is 11.8 Å². The molecule has 34 heavy (non-hydrogen) atoms. The Morgan fingerprint density at radius 2 is 1.94 bits per heavy atom. The average molecular weight is 488 g/mol. The maximum absolute atomic E-state index is 13.6. The van der Waals surface area contributed by atoms with Gasteiger partial charge in [0, 0.05) is 25.5 Å². The van der Waals surface area contributed by atoms with E-state index in [-0.39, 0.29) is 29.4 Å². The van der Waals surface area contributed by atoms with Crippen molar-refractivity contribution in [3.8, 4) is 5.88 Å². The molecule has 1 aromatic carbocycles. The average Bonchev–Trinajstić information content (AvgIpc) is 2.85. The Bertz CT molecular complexity index is 1420. The van der Waals surface area contributed by atoms with E-state index in [0.29, 0.717) is 11.4 Å². The molecule has 1 unspecified atom stereocenters. The van der Waals surface area contributed by atoms with Gasteiger partial charge in [0.25, 0.3) is 5.56 Å². The molecule has 0 saturated heterocycles. The summed E-state index contributed by atoms with van der Waals surface area (Å²) >= 11 is 0.900. The largest absolute Gasteiger partial charge is 0.481 e. The number of methoxy groups -OCH3 is 1. The van der Waals surface area contributed by atoms with Crippen LogP contribution in [0.2, 0.25) is 0 Å². The molecule has 1 aliphatic heterocycles. The number of hydrogen-bond acceptors (Lipinski definition) is 8. The molecule has 0 saturated carbocycles. The van der Waals surface area contributed by atoms with Crippen LogP contribution in [0.5, 0.6) is 5.88 Å². The summed E-state index contributed by atoms with van der Waals surface area (Å²) in [7, 11) is 2.90. The topological polar surface area (TPSA) is 105 Å². The Balaban J connectivity index is 1.57. The highest BCUT2D eigenvalue weighted by molar-refractivity contribution is 8.01. The molecule has 4 rings (SSSR count). The van der Waals surface area contributed by atoms with Gasteiger partial charge in [-0.15, -0.1) is 0 Å². The lowest BCUT2D eigenvalue weighted by Crippen LogP contribution is -2.41. The molecular formula is C22H18F2N4O5S. The number of fused-ring (bicyclic) bond motifs is 1. The van der Waals surface area contributed by atoms with Crippen LogP contribution in [0.3, 0.4) is 0 Å². The third-order valence-corrected chi connectivity index (χ3v) is 6.16. The molecule has 0 fully saturated rings. The highest BCUT2D eigenvalue weighted by Crippen LogP contribution is 2.32. The predicted octanol–water partition coefficient (Wildman–Crippen LogP) is 2.20. The molecule has 3 heterocycles. The zero-order valence-electron chi connectivity index (χ0n) is 18.0. The number of benzene rings is 1. The molecule has 0 radical (unpaired) electrons. The number of aliphatic imine (C=N–C) groups is 1. The molecule has 0 spiro atoms. The minimum atomic E-state index is -1.09. The Kier molecular flexibility index (Phi) is 6.59. The van der Waals surface area contributed by atoms with Crippen LogP contribution in [0, 0.1) is 11.6 Å². The molecule has 2 aromatic heterocycles. The van der Waals surface area contributed by atoms with Gasteiger partial charge < -0.3 is 9.47 Å². The van der Waals surface area contributed by atoms with Gasteiger partial charge in [0.15, 0.2) is 17.5 Å². The molecule has 0 aliphatic carbocycles. The maximum atomic E-state index is 13.6. The van der Waals surface area contributed by atoms with Crippen molar-refractivity contribution in [1.29, 1.82) is 0 Å². The number of esters is 1. The summed E-state index contributed by atoms with van der Waals surface area (Å²) in [6.07, 6.45) is 2.83. The van der Waals surface area contributed by atoms with E-state index in [1.165, 1.54) is 32.6 Å². The second kappa shape index (κ2) is 9.59. The van der Waals surface area contributed by atoms with E-state index < -0.39 is 34.1 Å². The number of carbonyl (C=O) groups is 1. The SMILES string of the molecule is COc1cc(COC(=O)C2C=Nc3c(c(=O)n(Cc4ccc(F)c(F)c4)c(=O)n3C)S2)ccn1. The third kappa shape index (κ3) is 4.62. The molecule has 1 atom stereocenters. The van der Waals surface area contributed by atoms with Crippen LogP contribution < -0.4 is 16.0 Å². The number of hydrogen-bond donors (Lipinski definition) is 0. The van der Waals surface area contributed by atoms with Crippen LogP contribution in [0.4, 0.5) is 14.6 Å².